The SMILES string of the molecule is CCNC(=NCc1cccc(OC)c1OC1CCCC1)NCC(O)c1cccc(OC)c1. The topological polar surface area (TPSA) is 84.3 Å². The van der Waals surface area contributed by atoms with Crippen LogP contribution in [0.5, 0.6) is 17.2 Å². The van der Waals surface area contributed by atoms with Crippen molar-refractivity contribution in [3.8, 4) is 17.2 Å². The van der Waals surface area contributed by atoms with E-state index in [-0.39, 0.29) is 6.10 Å². The van der Waals surface area contributed by atoms with Crippen molar-refractivity contribution in [2.45, 2.75) is 51.4 Å². The summed E-state index contributed by atoms with van der Waals surface area (Å²) in [5.74, 6) is 2.85. The second-order valence-corrected chi connectivity index (χ2v) is 7.84. The fourth-order valence-electron chi connectivity index (χ4n) is 3.82. The molecule has 1 saturated carbocycles. The normalized spacial score (nSPS) is 15.3. The average Bonchev–Trinajstić information content (AvgIpc) is 3.34. The zero-order chi connectivity index (χ0) is 22.8. The molecule has 3 N–H and O–H groups in total. The highest BCUT2D eigenvalue weighted by atomic mass is 16.5. The van der Waals surface area contributed by atoms with Crippen LogP contribution < -0.4 is 24.8 Å². The maximum atomic E-state index is 10.6. The number of ether oxygens (including phenoxy) is 3. The first-order chi connectivity index (χ1) is 15.6. The molecule has 0 radical (unpaired) electrons. The van der Waals surface area contributed by atoms with Gasteiger partial charge in [0.1, 0.15) is 5.75 Å². The number of aliphatic hydroxyl groups excluding tert-OH is 1. The summed E-state index contributed by atoms with van der Waals surface area (Å²) in [6.45, 7) is 3.48. The van der Waals surface area contributed by atoms with Crippen molar-refractivity contribution in [2.24, 2.45) is 4.99 Å². The summed E-state index contributed by atoms with van der Waals surface area (Å²) >= 11 is 0. The minimum Gasteiger partial charge on any atom is -0.497 e. The molecule has 1 unspecified atom stereocenters. The van der Waals surface area contributed by atoms with Gasteiger partial charge in [0.15, 0.2) is 17.5 Å². The number of hydrogen-bond donors (Lipinski definition) is 3. The summed E-state index contributed by atoms with van der Waals surface area (Å²) in [6.07, 6.45) is 4.11. The molecule has 1 atom stereocenters. The molecule has 1 aliphatic rings. The lowest BCUT2D eigenvalue weighted by molar-refractivity contribution is 0.180. The molecule has 7 nitrogen and oxygen atoms in total. The molecular formula is C25H35N3O4. The fourth-order valence-corrected chi connectivity index (χ4v) is 3.82. The van der Waals surface area contributed by atoms with Gasteiger partial charge in [-0.15, -0.1) is 0 Å². The van der Waals surface area contributed by atoms with Crippen LogP contribution in [0.2, 0.25) is 0 Å². The van der Waals surface area contributed by atoms with E-state index in [1.807, 2.05) is 49.4 Å². The zero-order valence-corrected chi connectivity index (χ0v) is 19.3. The Bertz CT molecular complexity index is 881. The summed E-state index contributed by atoms with van der Waals surface area (Å²) in [5.41, 5.74) is 1.76. The number of nitrogens with zero attached hydrogens (tertiary/aromatic N) is 1. The van der Waals surface area contributed by atoms with Gasteiger partial charge in [0.25, 0.3) is 0 Å². The molecule has 2 aromatic carbocycles. The molecule has 0 bridgehead atoms. The third-order valence-electron chi connectivity index (χ3n) is 5.56. The van der Waals surface area contributed by atoms with Gasteiger partial charge in [0, 0.05) is 18.7 Å². The monoisotopic (exact) mass is 441 g/mol. The Labute approximate surface area is 190 Å². The summed E-state index contributed by atoms with van der Waals surface area (Å²) in [4.78, 5) is 4.72. The number of benzene rings is 2. The van der Waals surface area contributed by atoms with E-state index in [2.05, 4.69) is 10.6 Å². The number of guanidine groups is 1. The van der Waals surface area contributed by atoms with Gasteiger partial charge in [-0.3, -0.25) is 0 Å². The van der Waals surface area contributed by atoms with Gasteiger partial charge in [0.05, 0.1) is 33.0 Å². The van der Waals surface area contributed by atoms with Crippen LogP contribution in [0, 0.1) is 0 Å². The van der Waals surface area contributed by atoms with Gasteiger partial charge in [-0.1, -0.05) is 24.3 Å². The van der Waals surface area contributed by atoms with E-state index in [0.717, 1.165) is 41.2 Å². The molecule has 0 heterocycles. The Kier molecular flexibility index (Phi) is 9.04. The van der Waals surface area contributed by atoms with Crippen LogP contribution >= 0.6 is 0 Å². The first-order valence-corrected chi connectivity index (χ1v) is 11.3. The van der Waals surface area contributed by atoms with E-state index in [1.54, 1.807) is 14.2 Å². The van der Waals surface area contributed by atoms with Crippen molar-refractivity contribution in [1.29, 1.82) is 0 Å². The van der Waals surface area contributed by atoms with E-state index < -0.39 is 6.10 Å². The average molecular weight is 442 g/mol. The summed E-state index contributed by atoms with van der Waals surface area (Å²) in [6, 6.07) is 13.3. The second-order valence-electron chi connectivity index (χ2n) is 7.84. The Morgan fingerprint density at radius 2 is 1.88 bits per heavy atom. The van der Waals surface area contributed by atoms with Crippen molar-refractivity contribution in [3.05, 3.63) is 53.6 Å². The minimum atomic E-state index is -0.688. The lowest BCUT2D eigenvalue weighted by atomic mass is 10.1. The third kappa shape index (κ3) is 6.53. The highest BCUT2D eigenvalue weighted by Gasteiger charge is 2.20. The quantitative estimate of drug-likeness (QED) is 0.384. The van der Waals surface area contributed by atoms with Crippen LogP contribution in [0.4, 0.5) is 0 Å². The van der Waals surface area contributed by atoms with Crippen molar-refractivity contribution in [1.82, 2.24) is 10.6 Å². The van der Waals surface area contributed by atoms with Gasteiger partial charge >= 0.3 is 0 Å². The first kappa shape index (κ1) is 23.7. The van der Waals surface area contributed by atoms with Crippen LogP contribution in [0.1, 0.15) is 49.8 Å². The van der Waals surface area contributed by atoms with Crippen LogP contribution in [0.25, 0.3) is 0 Å². The van der Waals surface area contributed by atoms with Crippen LogP contribution in [-0.2, 0) is 6.54 Å². The van der Waals surface area contributed by atoms with E-state index in [9.17, 15) is 5.11 Å². The molecule has 2 aromatic rings. The molecule has 3 rings (SSSR count). The fraction of sp³-hybridized carbons (Fsp3) is 0.480. The van der Waals surface area contributed by atoms with Crippen LogP contribution in [0.3, 0.4) is 0 Å². The number of para-hydroxylation sites is 1. The Balaban J connectivity index is 1.69. The summed E-state index contributed by atoms with van der Waals surface area (Å²) in [7, 11) is 3.28. The second kappa shape index (κ2) is 12.2. The molecular weight excluding hydrogens is 406 g/mol. The van der Waals surface area contributed by atoms with Crippen LogP contribution in [0.15, 0.2) is 47.5 Å². The highest BCUT2D eigenvalue weighted by molar-refractivity contribution is 5.79. The van der Waals surface area contributed by atoms with Crippen molar-refractivity contribution in [3.63, 3.8) is 0 Å². The highest BCUT2D eigenvalue weighted by Crippen LogP contribution is 2.35. The standard InChI is InChI=1S/C25H35N3O4/c1-4-26-25(28-17-22(29)18-9-7-13-21(15-18)30-2)27-16-19-10-8-14-23(31-3)24(19)32-20-11-5-6-12-20/h7-10,13-15,20,22,29H,4-6,11-12,16-17H2,1-3H3,(H2,26,27,28). The van der Waals surface area contributed by atoms with E-state index in [1.165, 1.54) is 12.8 Å². The molecule has 0 aliphatic heterocycles. The van der Waals surface area contributed by atoms with Gasteiger partial charge in [-0.05, 0) is 56.4 Å². The number of rotatable bonds is 10. The van der Waals surface area contributed by atoms with Crippen molar-refractivity contribution in [2.75, 3.05) is 27.3 Å². The van der Waals surface area contributed by atoms with Crippen molar-refractivity contribution < 1.29 is 19.3 Å². The third-order valence-corrected chi connectivity index (χ3v) is 5.56. The Morgan fingerprint density at radius 1 is 1.09 bits per heavy atom. The van der Waals surface area contributed by atoms with E-state index in [4.69, 9.17) is 19.2 Å². The predicted molar refractivity (Wildman–Crippen MR) is 127 cm³/mol. The van der Waals surface area contributed by atoms with Gasteiger partial charge in [-0.2, -0.15) is 0 Å². The molecule has 0 aromatic heterocycles. The minimum absolute atomic E-state index is 0.235. The van der Waals surface area contributed by atoms with Gasteiger partial charge < -0.3 is 30.0 Å². The predicted octanol–water partition coefficient (Wildman–Crippen LogP) is 3.81. The lowest BCUT2D eigenvalue weighted by Crippen LogP contribution is -2.39. The number of nitrogens with one attached hydrogen (secondary N) is 2. The number of hydrogen-bond acceptors (Lipinski definition) is 5. The summed E-state index contributed by atoms with van der Waals surface area (Å²) < 4.78 is 17.1. The Hall–Kier alpha value is -2.93. The maximum Gasteiger partial charge on any atom is 0.191 e. The smallest absolute Gasteiger partial charge is 0.191 e. The number of aliphatic hydroxyl groups is 1. The largest absolute Gasteiger partial charge is 0.497 e. The maximum absolute atomic E-state index is 10.6. The molecule has 0 spiro atoms. The molecule has 0 saturated heterocycles. The van der Waals surface area contributed by atoms with Crippen LogP contribution in [-0.4, -0.2) is 44.5 Å². The summed E-state index contributed by atoms with van der Waals surface area (Å²) in [5, 5.41) is 17.0. The van der Waals surface area contributed by atoms with Gasteiger partial charge in [-0.25, -0.2) is 4.99 Å². The van der Waals surface area contributed by atoms with Crippen molar-refractivity contribution >= 4 is 5.96 Å². The van der Waals surface area contributed by atoms with E-state index in [0.29, 0.717) is 25.6 Å². The first-order valence-electron chi connectivity index (χ1n) is 11.3. The number of aliphatic imine (C=N–C) groups is 1. The molecule has 32 heavy (non-hydrogen) atoms. The number of methoxy groups -OCH3 is 2. The van der Waals surface area contributed by atoms with Gasteiger partial charge in [0.2, 0.25) is 0 Å². The Morgan fingerprint density at radius 3 is 2.59 bits per heavy atom. The molecule has 0 amide bonds. The lowest BCUT2D eigenvalue weighted by Gasteiger charge is -2.19. The zero-order valence-electron chi connectivity index (χ0n) is 19.3. The molecule has 1 fully saturated rings. The molecule has 7 heteroatoms. The molecule has 1 aliphatic carbocycles. The van der Waals surface area contributed by atoms with E-state index >= 15 is 0 Å². The molecule has 174 valence electrons.